The third-order valence-electron chi connectivity index (χ3n) is 3.73. The summed E-state index contributed by atoms with van der Waals surface area (Å²) in [6, 6.07) is 15.1. The first-order valence-corrected chi connectivity index (χ1v) is 7.42. The molecule has 0 spiro atoms. The minimum atomic E-state index is 0.321. The highest BCUT2D eigenvalue weighted by atomic mass is 16.7. The molecule has 2 aromatic rings. The molecule has 0 bridgehead atoms. The van der Waals surface area contributed by atoms with E-state index in [2.05, 4.69) is 43.4 Å². The number of rotatable bonds is 5. The Balaban J connectivity index is 1.55. The number of fused-ring (bicyclic) bond motifs is 1. The minimum Gasteiger partial charge on any atom is -0.454 e. The Labute approximate surface area is 125 Å². The minimum absolute atomic E-state index is 0.321. The third kappa shape index (κ3) is 3.48. The van der Waals surface area contributed by atoms with Crippen molar-refractivity contribution >= 4 is 5.69 Å². The van der Waals surface area contributed by atoms with E-state index in [9.17, 15) is 0 Å². The number of aryl methyl sites for hydroxylation is 2. The van der Waals surface area contributed by atoms with Gasteiger partial charge in [-0.2, -0.15) is 0 Å². The first-order chi connectivity index (χ1) is 10.2. The van der Waals surface area contributed by atoms with Crippen molar-refractivity contribution in [1.82, 2.24) is 0 Å². The Morgan fingerprint density at radius 1 is 1.10 bits per heavy atom. The average Bonchev–Trinajstić information content (AvgIpc) is 2.93. The highest BCUT2D eigenvalue weighted by molar-refractivity contribution is 5.55. The maximum absolute atomic E-state index is 5.40. The summed E-state index contributed by atoms with van der Waals surface area (Å²) in [5.74, 6) is 1.65. The number of benzene rings is 2. The largest absolute Gasteiger partial charge is 0.454 e. The zero-order valence-electron chi connectivity index (χ0n) is 12.6. The molecule has 0 aliphatic carbocycles. The lowest BCUT2D eigenvalue weighted by Gasteiger charge is -2.15. The topological polar surface area (TPSA) is 30.5 Å². The molecule has 3 heteroatoms. The van der Waals surface area contributed by atoms with Gasteiger partial charge in [0, 0.05) is 17.8 Å². The molecule has 0 saturated heterocycles. The zero-order valence-corrected chi connectivity index (χ0v) is 12.6. The van der Waals surface area contributed by atoms with E-state index in [0.717, 1.165) is 30.0 Å². The summed E-state index contributed by atoms with van der Waals surface area (Å²) < 4.78 is 10.7. The third-order valence-corrected chi connectivity index (χ3v) is 3.73. The van der Waals surface area contributed by atoms with E-state index in [-0.39, 0.29) is 0 Å². The van der Waals surface area contributed by atoms with Crippen LogP contribution in [0.4, 0.5) is 5.69 Å². The van der Waals surface area contributed by atoms with Gasteiger partial charge in [0.15, 0.2) is 11.5 Å². The lowest BCUT2D eigenvalue weighted by molar-refractivity contribution is 0.174. The number of anilines is 1. The van der Waals surface area contributed by atoms with Gasteiger partial charge in [0.1, 0.15) is 0 Å². The van der Waals surface area contributed by atoms with Gasteiger partial charge in [0.25, 0.3) is 0 Å². The van der Waals surface area contributed by atoms with E-state index < -0.39 is 0 Å². The van der Waals surface area contributed by atoms with Crippen molar-refractivity contribution in [2.45, 2.75) is 32.7 Å². The summed E-state index contributed by atoms with van der Waals surface area (Å²) in [4.78, 5) is 0. The molecule has 1 N–H and O–H groups in total. The molecule has 2 aromatic carbocycles. The lowest BCUT2D eigenvalue weighted by Crippen LogP contribution is -2.15. The second-order valence-electron chi connectivity index (χ2n) is 5.64. The second kappa shape index (κ2) is 6.08. The molecule has 0 saturated carbocycles. The van der Waals surface area contributed by atoms with Gasteiger partial charge < -0.3 is 14.8 Å². The van der Waals surface area contributed by atoms with Gasteiger partial charge in [-0.3, -0.25) is 0 Å². The van der Waals surface area contributed by atoms with E-state index >= 15 is 0 Å². The van der Waals surface area contributed by atoms with Gasteiger partial charge in [-0.15, -0.1) is 0 Å². The molecule has 3 rings (SSSR count). The molecule has 0 radical (unpaired) electrons. The quantitative estimate of drug-likeness (QED) is 0.894. The van der Waals surface area contributed by atoms with E-state index in [1.807, 2.05) is 18.2 Å². The Kier molecular flexibility index (Phi) is 4.00. The smallest absolute Gasteiger partial charge is 0.231 e. The van der Waals surface area contributed by atoms with Crippen LogP contribution in [0, 0.1) is 6.92 Å². The standard InChI is InChI=1S/C18H21NO2/c1-13-4-3-5-15(10-13)7-6-14(2)19-16-8-9-17-18(11-16)21-12-20-17/h3-5,8-11,14,19H,6-7,12H2,1-2H3. The molecule has 1 atom stereocenters. The highest BCUT2D eigenvalue weighted by Crippen LogP contribution is 2.34. The van der Waals surface area contributed by atoms with Crippen molar-refractivity contribution in [1.29, 1.82) is 0 Å². The SMILES string of the molecule is Cc1cccc(CCC(C)Nc2ccc3c(c2)OCO3)c1. The van der Waals surface area contributed by atoms with Crippen molar-refractivity contribution in [2.75, 3.05) is 12.1 Å². The number of ether oxygens (including phenoxy) is 2. The van der Waals surface area contributed by atoms with Crippen LogP contribution in [0.3, 0.4) is 0 Å². The predicted molar refractivity (Wildman–Crippen MR) is 85.1 cm³/mol. The van der Waals surface area contributed by atoms with E-state index in [1.54, 1.807) is 0 Å². The molecule has 110 valence electrons. The summed E-state index contributed by atoms with van der Waals surface area (Å²) in [6.45, 7) is 4.67. The van der Waals surface area contributed by atoms with Crippen LogP contribution in [0.15, 0.2) is 42.5 Å². The number of hydrogen-bond acceptors (Lipinski definition) is 3. The molecule has 3 nitrogen and oxygen atoms in total. The molecule has 0 amide bonds. The van der Waals surface area contributed by atoms with Crippen LogP contribution in [0.2, 0.25) is 0 Å². The van der Waals surface area contributed by atoms with Crippen LogP contribution < -0.4 is 14.8 Å². The Hall–Kier alpha value is -2.16. The van der Waals surface area contributed by atoms with Gasteiger partial charge in [-0.25, -0.2) is 0 Å². The predicted octanol–water partition coefficient (Wildman–Crippen LogP) is 4.16. The number of nitrogens with one attached hydrogen (secondary N) is 1. The first-order valence-electron chi connectivity index (χ1n) is 7.42. The maximum atomic E-state index is 5.40. The number of hydrogen-bond donors (Lipinski definition) is 1. The molecule has 21 heavy (non-hydrogen) atoms. The summed E-state index contributed by atoms with van der Waals surface area (Å²) in [5.41, 5.74) is 3.80. The maximum Gasteiger partial charge on any atom is 0.231 e. The van der Waals surface area contributed by atoms with Crippen molar-refractivity contribution in [3.8, 4) is 11.5 Å². The summed E-state index contributed by atoms with van der Waals surface area (Å²) in [6.07, 6.45) is 2.18. The summed E-state index contributed by atoms with van der Waals surface area (Å²) >= 11 is 0. The van der Waals surface area contributed by atoms with Crippen molar-refractivity contribution in [3.05, 3.63) is 53.6 Å². The molecule has 1 aliphatic heterocycles. The fraction of sp³-hybridized carbons (Fsp3) is 0.333. The average molecular weight is 283 g/mol. The fourth-order valence-corrected chi connectivity index (χ4v) is 2.59. The van der Waals surface area contributed by atoms with Crippen molar-refractivity contribution in [2.24, 2.45) is 0 Å². The highest BCUT2D eigenvalue weighted by Gasteiger charge is 2.13. The van der Waals surface area contributed by atoms with Crippen LogP contribution in [-0.2, 0) is 6.42 Å². The Morgan fingerprint density at radius 2 is 1.95 bits per heavy atom. The molecule has 0 fully saturated rings. The van der Waals surface area contributed by atoms with Gasteiger partial charge in [0.05, 0.1) is 0 Å². The molecule has 1 aliphatic rings. The fourth-order valence-electron chi connectivity index (χ4n) is 2.59. The van der Waals surface area contributed by atoms with Crippen LogP contribution >= 0.6 is 0 Å². The second-order valence-corrected chi connectivity index (χ2v) is 5.64. The lowest BCUT2D eigenvalue weighted by atomic mass is 10.0. The Bertz CT molecular complexity index is 624. The van der Waals surface area contributed by atoms with E-state index in [0.29, 0.717) is 12.8 Å². The van der Waals surface area contributed by atoms with Gasteiger partial charge >= 0.3 is 0 Å². The molecular weight excluding hydrogens is 262 g/mol. The molecular formula is C18H21NO2. The monoisotopic (exact) mass is 283 g/mol. The van der Waals surface area contributed by atoms with Crippen molar-refractivity contribution in [3.63, 3.8) is 0 Å². The summed E-state index contributed by atoms with van der Waals surface area (Å²) in [5, 5.41) is 3.52. The molecule has 1 unspecified atom stereocenters. The van der Waals surface area contributed by atoms with E-state index in [4.69, 9.17) is 9.47 Å². The zero-order chi connectivity index (χ0) is 14.7. The Morgan fingerprint density at radius 3 is 2.81 bits per heavy atom. The van der Waals surface area contributed by atoms with E-state index in [1.165, 1.54) is 11.1 Å². The molecule has 0 aromatic heterocycles. The van der Waals surface area contributed by atoms with Crippen LogP contribution in [0.5, 0.6) is 11.5 Å². The summed E-state index contributed by atoms with van der Waals surface area (Å²) in [7, 11) is 0. The van der Waals surface area contributed by atoms with Gasteiger partial charge in [-0.05, 0) is 44.4 Å². The van der Waals surface area contributed by atoms with Crippen LogP contribution in [-0.4, -0.2) is 12.8 Å². The van der Waals surface area contributed by atoms with Crippen LogP contribution in [0.25, 0.3) is 0 Å². The van der Waals surface area contributed by atoms with Crippen LogP contribution in [0.1, 0.15) is 24.5 Å². The van der Waals surface area contributed by atoms with Gasteiger partial charge in [-0.1, -0.05) is 29.8 Å². The van der Waals surface area contributed by atoms with Gasteiger partial charge in [0.2, 0.25) is 6.79 Å². The molecule has 1 heterocycles. The normalized spacial score (nSPS) is 14.0. The first kappa shape index (κ1) is 13.8. The van der Waals surface area contributed by atoms with Crippen molar-refractivity contribution < 1.29 is 9.47 Å².